The molecular weight excluding hydrogens is 512 g/mol. The average Bonchev–Trinajstić information content (AvgIpc) is 3.85. The normalized spacial score (nSPS) is 11.8. The van der Waals surface area contributed by atoms with E-state index in [-0.39, 0.29) is 0 Å². The minimum atomic E-state index is 0.915. The second-order valence-electron chi connectivity index (χ2n) is 10.8. The number of H-pyrrole nitrogens is 3. The molecule has 0 saturated carbocycles. The molecule has 0 aliphatic carbocycles. The van der Waals surface area contributed by atoms with Gasteiger partial charge in [0.1, 0.15) is 0 Å². The van der Waals surface area contributed by atoms with Gasteiger partial charge in [0, 0.05) is 44.3 Å². The van der Waals surface area contributed by atoms with Gasteiger partial charge in [-0.15, -0.1) is 0 Å². The predicted molar refractivity (Wildman–Crippen MR) is 176 cm³/mol. The Kier molecular flexibility index (Phi) is 5.64. The maximum Gasteiger partial charge on any atom is 0.0872 e. The molecule has 0 radical (unpaired) electrons. The molecule has 3 N–H and O–H groups in total. The quantitative estimate of drug-likeness (QED) is 0.205. The molecule has 0 saturated heterocycles. The summed E-state index contributed by atoms with van der Waals surface area (Å²) in [5.41, 5.74) is 16.0. The first-order chi connectivity index (χ1) is 20.7. The summed E-state index contributed by atoms with van der Waals surface area (Å²) < 4.78 is 0. The van der Waals surface area contributed by atoms with Crippen molar-refractivity contribution in [1.29, 1.82) is 0 Å². The summed E-state index contributed by atoms with van der Waals surface area (Å²) in [6, 6.07) is 42.8. The summed E-state index contributed by atoms with van der Waals surface area (Å²) in [4.78, 5) is 16.4. The zero-order valence-electron chi connectivity index (χ0n) is 23.1. The van der Waals surface area contributed by atoms with Crippen molar-refractivity contribution >= 4 is 45.3 Å². The molecule has 3 aromatic carbocycles. The molecule has 4 nitrogen and oxygen atoms in total. The molecule has 0 amide bonds. The fourth-order valence-corrected chi connectivity index (χ4v) is 6.00. The van der Waals surface area contributed by atoms with Crippen molar-refractivity contribution in [2.75, 3.05) is 0 Å². The third-order valence-corrected chi connectivity index (χ3v) is 8.04. The summed E-state index contributed by atoms with van der Waals surface area (Å²) in [6.07, 6.45) is 4.22. The Bertz CT molecular complexity index is 2230. The van der Waals surface area contributed by atoms with E-state index in [9.17, 15) is 0 Å². The van der Waals surface area contributed by atoms with Crippen molar-refractivity contribution in [3.63, 3.8) is 0 Å². The number of aromatic nitrogens is 4. The SMILES string of the molecule is Cc1ccc(-c2c3ccc([nH]3)c(-c3ccccc3)c3nc(c4ccc([nH]4)c(-c4ccccc4)c4ccc2[nH]4)C=C3)cc1. The van der Waals surface area contributed by atoms with Gasteiger partial charge in [-0.25, -0.2) is 4.98 Å². The molecular formula is C38H28N4. The molecule has 5 heterocycles. The molecule has 8 rings (SSSR count). The van der Waals surface area contributed by atoms with Gasteiger partial charge in [0.05, 0.1) is 16.9 Å². The van der Waals surface area contributed by atoms with E-state index in [0.29, 0.717) is 0 Å². The first-order valence-corrected chi connectivity index (χ1v) is 14.2. The summed E-state index contributed by atoms with van der Waals surface area (Å²) in [5, 5.41) is 0. The van der Waals surface area contributed by atoms with E-state index in [1.54, 1.807) is 0 Å². The summed E-state index contributed by atoms with van der Waals surface area (Å²) >= 11 is 0. The Balaban J connectivity index is 1.57. The van der Waals surface area contributed by atoms with Gasteiger partial charge in [0.25, 0.3) is 0 Å². The molecule has 200 valence electrons. The molecule has 4 aromatic heterocycles. The summed E-state index contributed by atoms with van der Waals surface area (Å²) in [5.74, 6) is 0. The molecule has 0 spiro atoms. The molecule has 7 aromatic rings. The largest absolute Gasteiger partial charge is 0.354 e. The highest BCUT2D eigenvalue weighted by molar-refractivity contribution is 6.00. The fraction of sp³-hybridized carbons (Fsp3) is 0.0263. The molecule has 0 fully saturated rings. The van der Waals surface area contributed by atoms with Crippen LogP contribution in [0, 0.1) is 6.92 Å². The van der Waals surface area contributed by atoms with Gasteiger partial charge < -0.3 is 15.0 Å². The Morgan fingerprint density at radius 2 is 0.786 bits per heavy atom. The van der Waals surface area contributed by atoms with Crippen LogP contribution in [-0.2, 0) is 0 Å². The van der Waals surface area contributed by atoms with Crippen LogP contribution in [-0.4, -0.2) is 19.9 Å². The van der Waals surface area contributed by atoms with Gasteiger partial charge in [-0.3, -0.25) is 0 Å². The smallest absolute Gasteiger partial charge is 0.0872 e. The predicted octanol–water partition coefficient (Wildman–Crippen LogP) is 10.0. The first kappa shape index (κ1) is 24.2. The van der Waals surface area contributed by atoms with Crippen molar-refractivity contribution in [1.82, 2.24) is 19.9 Å². The lowest BCUT2D eigenvalue weighted by molar-refractivity contribution is 1.32. The number of aromatic amines is 3. The van der Waals surface area contributed by atoms with Crippen LogP contribution < -0.4 is 0 Å². The monoisotopic (exact) mass is 540 g/mol. The van der Waals surface area contributed by atoms with E-state index in [2.05, 4.69) is 149 Å². The van der Waals surface area contributed by atoms with Crippen molar-refractivity contribution < 1.29 is 0 Å². The lowest BCUT2D eigenvalue weighted by atomic mass is 10.0. The van der Waals surface area contributed by atoms with Crippen molar-refractivity contribution in [3.8, 4) is 33.4 Å². The minimum Gasteiger partial charge on any atom is -0.354 e. The standard InChI is InChI=1S/C38H28N4/c1-24-12-14-27(15-13-24)38-34-22-20-32(41-34)36(25-8-4-2-5-9-25)30-18-16-28(39-30)29-17-19-31(40-29)37(26-10-6-3-7-11-26)33-21-23-35(38)42-33/h2-23,39,41-42H,1H3. The molecule has 42 heavy (non-hydrogen) atoms. The molecule has 1 aliphatic heterocycles. The van der Waals surface area contributed by atoms with Crippen LogP contribution in [0.3, 0.4) is 0 Å². The lowest BCUT2D eigenvalue weighted by Gasteiger charge is -2.05. The second-order valence-corrected chi connectivity index (χ2v) is 10.8. The number of aryl methyl sites for hydroxylation is 1. The van der Waals surface area contributed by atoms with Crippen LogP contribution in [0.25, 0.3) is 78.6 Å². The number of hydrogen-bond acceptors (Lipinski definition) is 1. The van der Waals surface area contributed by atoms with Crippen LogP contribution in [0.4, 0.5) is 0 Å². The van der Waals surface area contributed by atoms with Gasteiger partial charge in [0.2, 0.25) is 0 Å². The van der Waals surface area contributed by atoms with Crippen molar-refractivity contribution in [2.24, 2.45) is 0 Å². The lowest BCUT2D eigenvalue weighted by Crippen LogP contribution is -1.85. The highest BCUT2D eigenvalue weighted by Gasteiger charge is 2.14. The number of fused-ring (bicyclic) bond motifs is 9. The Hall–Kier alpha value is -5.61. The highest BCUT2D eigenvalue weighted by atomic mass is 14.8. The van der Waals surface area contributed by atoms with Crippen LogP contribution in [0.15, 0.2) is 121 Å². The molecule has 8 bridgehead atoms. The van der Waals surface area contributed by atoms with Gasteiger partial charge in [-0.1, -0.05) is 90.5 Å². The second kappa shape index (κ2) is 9.79. The van der Waals surface area contributed by atoms with Crippen molar-refractivity contribution in [3.05, 3.63) is 138 Å². The topological polar surface area (TPSA) is 60.3 Å². The maximum absolute atomic E-state index is 5.14. The summed E-state index contributed by atoms with van der Waals surface area (Å²) in [6.45, 7) is 2.12. The maximum atomic E-state index is 5.14. The average molecular weight is 541 g/mol. The summed E-state index contributed by atoms with van der Waals surface area (Å²) in [7, 11) is 0. The van der Waals surface area contributed by atoms with Crippen molar-refractivity contribution in [2.45, 2.75) is 6.92 Å². The minimum absolute atomic E-state index is 0.915. The zero-order valence-corrected chi connectivity index (χ0v) is 23.1. The Morgan fingerprint density at radius 1 is 0.381 bits per heavy atom. The van der Waals surface area contributed by atoms with Crippen LogP contribution in [0.1, 0.15) is 17.0 Å². The highest BCUT2D eigenvalue weighted by Crippen LogP contribution is 2.35. The van der Waals surface area contributed by atoms with Crippen LogP contribution in [0.5, 0.6) is 0 Å². The number of nitrogens with zero attached hydrogens (tertiary/aromatic N) is 1. The first-order valence-electron chi connectivity index (χ1n) is 14.2. The van der Waals surface area contributed by atoms with E-state index >= 15 is 0 Å². The van der Waals surface area contributed by atoms with E-state index < -0.39 is 0 Å². The number of nitrogens with one attached hydrogen (secondary N) is 3. The van der Waals surface area contributed by atoms with E-state index in [4.69, 9.17) is 4.98 Å². The number of benzene rings is 3. The van der Waals surface area contributed by atoms with Gasteiger partial charge in [-0.2, -0.15) is 0 Å². The van der Waals surface area contributed by atoms with Crippen LogP contribution in [0.2, 0.25) is 0 Å². The van der Waals surface area contributed by atoms with Gasteiger partial charge >= 0.3 is 0 Å². The Morgan fingerprint density at radius 3 is 1.33 bits per heavy atom. The molecule has 0 atom stereocenters. The van der Waals surface area contributed by atoms with Crippen LogP contribution >= 0.6 is 0 Å². The van der Waals surface area contributed by atoms with E-state index in [1.807, 2.05) is 6.07 Å². The van der Waals surface area contributed by atoms with Gasteiger partial charge in [-0.05, 0) is 72.2 Å². The third kappa shape index (κ3) is 4.13. The van der Waals surface area contributed by atoms with E-state index in [0.717, 1.165) is 77.9 Å². The number of hydrogen-bond donors (Lipinski definition) is 3. The number of rotatable bonds is 3. The molecule has 1 aliphatic rings. The zero-order chi connectivity index (χ0) is 28.0. The molecule has 0 unspecified atom stereocenters. The molecule has 4 heteroatoms. The Labute approximate surface area is 243 Å². The van der Waals surface area contributed by atoms with E-state index in [1.165, 1.54) is 5.56 Å². The fourth-order valence-electron chi connectivity index (χ4n) is 6.00. The third-order valence-electron chi connectivity index (χ3n) is 8.04. The van der Waals surface area contributed by atoms with Gasteiger partial charge in [0.15, 0.2) is 0 Å².